The lowest BCUT2D eigenvalue weighted by Crippen LogP contribution is -2.07. The van der Waals surface area contributed by atoms with Crippen molar-refractivity contribution >= 4 is 17.7 Å². The number of carbonyl (C=O) groups is 1. The highest BCUT2D eigenvalue weighted by Crippen LogP contribution is 2.26. The smallest absolute Gasteiger partial charge is 0.248 e. The summed E-state index contributed by atoms with van der Waals surface area (Å²) in [4.78, 5) is 11.8. The van der Waals surface area contributed by atoms with Crippen molar-refractivity contribution < 1.29 is 14.6 Å². The molecule has 0 aliphatic heterocycles. The Morgan fingerprint density at radius 2 is 2.05 bits per heavy atom. The van der Waals surface area contributed by atoms with E-state index in [0.717, 1.165) is 11.3 Å². The van der Waals surface area contributed by atoms with Crippen LogP contribution in [0.5, 0.6) is 11.5 Å². The molecule has 0 saturated heterocycles. The molecule has 0 bridgehead atoms. The molecule has 2 rings (SSSR count). The molecule has 2 aromatic carbocycles. The van der Waals surface area contributed by atoms with Gasteiger partial charge in [0.25, 0.3) is 0 Å². The van der Waals surface area contributed by atoms with E-state index in [4.69, 9.17) is 4.74 Å². The van der Waals surface area contributed by atoms with Gasteiger partial charge < -0.3 is 15.2 Å². The van der Waals surface area contributed by atoms with Gasteiger partial charge in [-0.3, -0.25) is 4.79 Å². The minimum absolute atomic E-state index is 0.0405. The molecule has 21 heavy (non-hydrogen) atoms. The number of aromatic hydroxyl groups is 1. The van der Waals surface area contributed by atoms with Gasteiger partial charge in [0, 0.05) is 11.8 Å². The second kappa shape index (κ2) is 6.61. The first kappa shape index (κ1) is 14.7. The largest absolute Gasteiger partial charge is 0.504 e. The maximum Gasteiger partial charge on any atom is 0.248 e. The van der Waals surface area contributed by atoms with E-state index in [-0.39, 0.29) is 11.7 Å². The van der Waals surface area contributed by atoms with Gasteiger partial charge in [-0.2, -0.15) is 0 Å². The van der Waals surface area contributed by atoms with Crippen molar-refractivity contribution in [1.82, 2.24) is 0 Å². The Morgan fingerprint density at radius 1 is 1.24 bits per heavy atom. The normalized spacial score (nSPS) is 10.6. The third-order valence-corrected chi connectivity index (χ3v) is 2.92. The number of phenolic OH excluding ortho intramolecular Hbond substituents is 1. The van der Waals surface area contributed by atoms with Gasteiger partial charge in [-0.1, -0.05) is 18.2 Å². The molecule has 2 aromatic rings. The number of nitrogens with one attached hydrogen (secondary N) is 1. The monoisotopic (exact) mass is 283 g/mol. The van der Waals surface area contributed by atoms with Crippen LogP contribution in [0.3, 0.4) is 0 Å². The van der Waals surface area contributed by atoms with Crippen molar-refractivity contribution in [2.75, 3.05) is 12.4 Å². The molecule has 0 heterocycles. The van der Waals surface area contributed by atoms with E-state index >= 15 is 0 Å². The SMILES string of the molecule is COc1ccc(/C=C/C(=O)Nc2cccc(C)c2)cc1O. The second-order valence-corrected chi connectivity index (χ2v) is 4.62. The number of benzene rings is 2. The molecule has 4 heteroatoms. The molecule has 0 atom stereocenters. The molecule has 4 nitrogen and oxygen atoms in total. The summed E-state index contributed by atoms with van der Waals surface area (Å²) in [6, 6.07) is 12.5. The van der Waals surface area contributed by atoms with Gasteiger partial charge in [0.05, 0.1) is 7.11 Å². The van der Waals surface area contributed by atoms with Crippen LogP contribution in [0.25, 0.3) is 6.08 Å². The van der Waals surface area contributed by atoms with E-state index in [1.165, 1.54) is 19.3 Å². The third-order valence-electron chi connectivity index (χ3n) is 2.92. The lowest BCUT2D eigenvalue weighted by Gasteiger charge is -2.04. The zero-order valence-electron chi connectivity index (χ0n) is 12.0. The Balaban J connectivity index is 2.03. The number of hydrogen-bond donors (Lipinski definition) is 2. The molecule has 108 valence electrons. The zero-order valence-corrected chi connectivity index (χ0v) is 12.0. The summed E-state index contributed by atoms with van der Waals surface area (Å²) in [5.41, 5.74) is 2.55. The lowest BCUT2D eigenvalue weighted by atomic mass is 10.2. The summed E-state index contributed by atoms with van der Waals surface area (Å²) in [5.74, 6) is 0.214. The van der Waals surface area contributed by atoms with Crippen molar-refractivity contribution in [2.45, 2.75) is 6.92 Å². The van der Waals surface area contributed by atoms with Gasteiger partial charge in [-0.15, -0.1) is 0 Å². The molecule has 0 saturated carbocycles. The van der Waals surface area contributed by atoms with Crippen molar-refractivity contribution in [2.24, 2.45) is 0 Å². The molecule has 2 N–H and O–H groups in total. The Morgan fingerprint density at radius 3 is 2.71 bits per heavy atom. The van der Waals surface area contributed by atoms with Crippen LogP contribution in [0.2, 0.25) is 0 Å². The average molecular weight is 283 g/mol. The number of methoxy groups -OCH3 is 1. The number of carbonyl (C=O) groups excluding carboxylic acids is 1. The van der Waals surface area contributed by atoms with Gasteiger partial charge >= 0.3 is 0 Å². The van der Waals surface area contributed by atoms with Gasteiger partial charge in [0.1, 0.15) is 0 Å². The third kappa shape index (κ3) is 4.11. The fraction of sp³-hybridized carbons (Fsp3) is 0.118. The van der Waals surface area contributed by atoms with Crippen molar-refractivity contribution in [3.05, 3.63) is 59.7 Å². The average Bonchev–Trinajstić information content (AvgIpc) is 2.45. The fourth-order valence-corrected chi connectivity index (χ4v) is 1.89. The highest BCUT2D eigenvalue weighted by molar-refractivity contribution is 6.01. The standard InChI is InChI=1S/C17H17NO3/c1-12-4-3-5-14(10-12)18-17(20)9-7-13-6-8-16(21-2)15(19)11-13/h3-11,19H,1-2H3,(H,18,20)/b9-7+. The Labute approximate surface area is 123 Å². The maximum absolute atomic E-state index is 11.8. The fourth-order valence-electron chi connectivity index (χ4n) is 1.89. The number of aryl methyl sites for hydroxylation is 1. The molecular weight excluding hydrogens is 266 g/mol. The topological polar surface area (TPSA) is 58.6 Å². The van der Waals surface area contributed by atoms with E-state index in [1.54, 1.807) is 18.2 Å². The summed E-state index contributed by atoms with van der Waals surface area (Å²) in [5, 5.41) is 12.4. The Kier molecular flexibility index (Phi) is 4.61. The van der Waals surface area contributed by atoms with Crippen LogP contribution < -0.4 is 10.1 Å². The quantitative estimate of drug-likeness (QED) is 0.846. The van der Waals surface area contributed by atoms with Crippen LogP contribution in [0, 0.1) is 6.92 Å². The van der Waals surface area contributed by atoms with Gasteiger partial charge in [-0.25, -0.2) is 0 Å². The van der Waals surface area contributed by atoms with Gasteiger partial charge in [0.2, 0.25) is 5.91 Å². The van der Waals surface area contributed by atoms with Crippen molar-refractivity contribution in [3.63, 3.8) is 0 Å². The first-order valence-electron chi connectivity index (χ1n) is 6.51. The van der Waals surface area contributed by atoms with Crippen LogP contribution in [-0.4, -0.2) is 18.1 Å². The molecule has 0 aliphatic carbocycles. The number of phenols is 1. The molecule has 0 aromatic heterocycles. The van der Waals surface area contributed by atoms with Crippen LogP contribution >= 0.6 is 0 Å². The van der Waals surface area contributed by atoms with Crippen LogP contribution in [0.15, 0.2) is 48.5 Å². The van der Waals surface area contributed by atoms with Gasteiger partial charge in [-0.05, 0) is 48.4 Å². The first-order chi connectivity index (χ1) is 10.1. The maximum atomic E-state index is 11.8. The second-order valence-electron chi connectivity index (χ2n) is 4.62. The predicted octanol–water partition coefficient (Wildman–Crippen LogP) is 3.36. The van der Waals surface area contributed by atoms with Crippen molar-refractivity contribution in [3.8, 4) is 11.5 Å². The van der Waals surface area contributed by atoms with Crippen LogP contribution in [0.4, 0.5) is 5.69 Å². The number of ether oxygens (including phenoxy) is 1. The molecule has 1 amide bonds. The Hall–Kier alpha value is -2.75. The number of hydrogen-bond acceptors (Lipinski definition) is 3. The summed E-state index contributed by atoms with van der Waals surface area (Å²) in [7, 11) is 1.49. The number of rotatable bonds is 4. The highest BCUT2D eigenvalue weighted by Gasteiger charge is 2.01. The molecule has 0 aliphatic rings. The number of anilines is 1. The zero-order chi connectivity index (χ0) is 15.2. The summed E-state index contributed by atoms with van der Waals surface area (Å²) in [6.07, 6.45) is 3.05. The number of amides is 1. The molecule has 0 fully saturated rings. The Bertz CT molecular complexity index is 677. The lowest BCUT2D eigenvalue weighted by molar-refractivity contribution is -0.111. The van der Waals surface area contributed by atoms with Crippen LogP contribution in [0.1, 0.15) is 11.1 Å². The predicted molar refractivity (Wildman–Crippen MR) is 83.5 cm³/mol. The summed E-state index contributed by atoms with van der Waals surface area (Å²) >= 11 is 0. The van der Waals surface area contributed by atoms with Gasteiger partial charge in [0.15, 0.2) is 11.5 Å². The van der Waals surface area contributed by atoms with E-state index in [9.17, 15) is 9.90 Å². The van der Waals surface area contributed by atoms with E-state index in [1.807, 2.05) is 31.2 Å². The first-order valence-corrected chi connectivity index (χ1v) is 6.51. The van der Waals surface area contributed by atoms with Crippen molar-refractivity contribution in [1.29, 1.82) is 0 Å². The summed E-state index contributed by atoms with van der Waals surface area (Å²) in [6.45, 7) is 1.96. The highest BCUT2D eigenvalue weighted by atomic mass is 16.5. The minimum atomic E-state index is -0.226. The molecule has 0 radical (unpaired) electrons. The molecule has 0 unspecified atom stereocenters. The van der Waals surface area contributed by atoms with Crippen LogP contribution in [-0.2, 0) is 4.79 Å². The summed E-state index contributed by atoms with van der Waals surface area (Å²) < 4.78 is 4.96. The molecular formula is C17H17NO3. The van der Waals surface area contributed by atoms with E-state index in [0.29, 0.717) is 11.3 Å². The van der Waals surface area contributed by atoms with E-state index in [2.05, 4.69) is 5.32 Å². The minimum Gasteiger partial charge on any atom is -0.504 e. The molecule has 0 spiro atoms. The van der Waals surface area contributed by atoms with E-state index < -0.39 is 0 Å².